The quantitative estimate of drug-likeness (QED) is 0.0652. The first-order valence-electron chi connectivity index (χ1n) is 14.2. The molecule has 48 heavy (non-hydrogen) atoms. The largest absolute Gasteiger partial charge is 0.368 e. The maximum Gasteiger partial charge on any atom is 0.240 e. The molecule has 258 valence electrons. The number of benzene rings is 3. The van der Waals surface area contributed by atoms with Crippen LogP contribution in [0, 0.1) is 0 Å². The fraction of sp³-hybridized carbons (Fsp3) is 0.222. The van der Waals surface area contributed by atoms with Crippen LogP contribution in [0.2, 0.25) is 0 Å². The van der Waals surface area contributed by atoms with Crippen LogP contribution < -0.4 is 46.1 Å². The van der Waals surface area contributed by atoms with E-state index in [4.69, 9.17) is 0 Å². The van der Waals surface area contributed by atoms with Crippen LogP contribution in [0.25, 0.3) is 0 Å². The molecule has 0 aliphatic heterocycles. The average Bonchev–Trinajstić information content (AvgIpc) is 3.09. The first kappa shape index (κ1) is 36.0. The van der Waals surface area contributed by atoms with Crippen molar-refractivity contribution in [3.05, 3.63) is 72.8 Å². The van der Waals surface area contributed by atoms with Crippen LogP contribution in [0.4, 0.5) is 34.9 Å². The molecule has 0 atom stereocenters. The molecule has 3 aromatic carbocycles. The molecular weight excluding hydrogens is 685 g/mol. The molecule has 0 aliphatic rings. The minimum Gasteiger partial charge on any atom is -0.368 e. The maximum atomic E-state index is 12.0. The van der Waals surface area contributed by atoms with Crippen LogP contribution in [0.3, 0.4) is 0 Å². The van der Waals surface area contributed by atoms with Crippen LogP contribution in [0.1, 0.15) is 0 Å². The van der Waals surface area contributed by atoms with Gasteiger partial charge in [-0.1, -0.05) is 0 Å². The number of rotatable bonds is 18. The van der Waals surface area contributed by atoms with Gasteiger partial charge in [0.2, 0.25) is 47.9 Å². The lowest BCUT2D eigenvalue weighted by Crippen LogP contribution is -2.20. The number of hydrogen-bond acceptors (Lipinski definition) is 15. The number of nitrogens with one attached hydrogen (secondary N) is 9. The molecule has 0 amide bonds. The minimum atomic E-state index is -3.56. The Labute approximate surface area is 279 Å². The van der Waals surface area contributed by atoms with E-state index in [2.05, 4.69) is 61.0 Å². The molecule has 0 aliphatic carbocycles. The Morgan fingerprint density at radius 1 is 0.396 bits per heavy atom. The van der Waals surface area contributed by atoms with Gasteiger partial charge < -0.3 is 31.9 Å². The molecule has 4 rings (SSSR count). The summed E-state index contributed by atoms with van der Waals surface area (Å²) in [6.45, 7) is 0.545. The molecule has 18 nitrogen and oxygen atoms in total. The van der Waals surface area contributed by atoms with E-state index in [1.54, 1.807) is 36.4 Å². The van der Waals surface area contributed by atoms with E-state index in [9.17, 15) is 25.3 Å². The normalized spacial score (nSPS) is 11.8. The lowest BCUT2D eigenvalue weighted by molar-refractivity contribution is 0.586. The highest BCUT2D eigenvalue weighted by molar-refractivity contribution is 7.90. The zero-order valence-corrected chi connectivity index (χ0v) is 28.5. The van der Waals surface area contributed by atoms with Crippen molar-refractivity contribution in [3.8, 4) is 0 Å². The minimum absolute atomic E-state index is 0.132. The van der Waals surface area contributed by atoms with Gasteiger partial charge in [-0.05, 0) is 93.9 Å². The molecule has 0 fully saturated rings. The van der Waals surface area contributed by atoms with E-state index in [0.717, 1.165) is 0 Å². The van der Waals surface area contributed by atoms with Gasteiger partial charge in [0.15, 0.2) is 0 Å². The fourth-order valence-corrected chi connectivity index (χ4v) is 6.09. The molecule has 1 aromatic heterocycles. The Morgan fingerprint density at radius 2 is 0.625 bits per heavy atom. The molecule has 1 heterocycles. The van der Waals surface area contributed by atoms with Crippen molar-refractivity contribution < 1.29 is 25.3 Å². The first-order chi connectivity index (χ1) is 22.8. The number of nitrogens with zero attached hydrogens (tertiary/aromatic N) is 3. The van der Waals surface area contributed by atoms with E-state index < -0.39 is 30.1 Å². The number of anilines is 6. The lowest BCUT2D eigenvalue weighted by Gasteiger charge is -2.14. The number of aromatic nitrogens is 3. The third-order valence-electron chi connectivity index (χ3n) is 6.55. The van der Waals surface area contributed by atoms with Gasteiger partial charge in [0.1, 0.15) is 0 Å². The highest BCUT2D eigenvalue weighted by Crippen LogP contribution is 2.17. The molecule has 21 heteroatoms. The lowest BCUT2D eigenvalue weighted by atomic mass is 10.3. The van der Waals surface area contributed by atoms with Gasteiger partial charge in [0, 0.05) is 17.1 Å². The predicted octanol–water partition coefficient (Wildman–Crippen LogP) is 1.04. The summed E-state index contributed by atoms with van der Waals surface area (Å²) in [5.41, 5.74) is 1.95. The van der Waals surface area contributed by atoms with Crippen molar-refractivity contribution in [1.29, 1.82) is 0 Å². The van der Waals surface area contributed by atoms with Crippen molar-refractivity contribution in [1.82, 2.24) is 29.1 Å². The van der Waals surface area contributed by atoms with Crippen LogP contribution in [0.15, 0.2) is 87.5 Å². The fourth-order valence-electron chi connectivity index (χ4n) is 3.90. The Hall–Kier alpha value is -4.80. The summed E-state index contributed by atoms with van der Waals surface area (Å²) in [7, 11) is -6.65. The van der Waals surface area contributed by atoms with Crippen LogP contribution in [-0.2, 0) is 30.1 Å². The summed E-state index contributed by atoms with van der Waals surface area (Å²) in [6.07, 6.45) is 0. The summed E-state index contributed by atoms with van der Waals surface area (Å²) < 4.78 is 78.6. The zero-order chi connectivity index (χ0) is 34.8. The molecular formula is C27H36N12O6S3. The molecule has 0 spiro atoms. The van der Waals surface area contributed by atoms with Crippen molar-refractivity contribution in [3.63, 3.8) is 0 Å². The summed E-state index contributed by atoms with van der Waals surface area (Å²) in [6, 6.07) is 18.6. The van der Waals surface area contributed by atoms with Gasteiger partial charge in [0.25, 0.3) is 0 Å². The summed E-state index contributed by atoms with van der Waals surface area (Å²) in [5, 5.41) is 18.5. The number of sulfonamides is 3. The Morgan fingerprint density at radius 3 is 0.833 bits per heavy atom. The SMILES string of the molecule is CNS(=O)(=O)c1ccc(NCNc2nc(NCNc3ccc(S(=O)(=O)NC)cc3)nc(NCNc3ccc(S(=O)(=O)NC)cc3)n2)cc1. The van der Waals surface area contributed by atoms with Crippen LogP contribution >= 0.6 is 0 Å². The maximum absolute atomic E-state index is 12.0. The third kappa shape index (κ3) is 9.85. The van der Waals surface area contributed by atoms with Gasteiger partial charge in [0.05, 0.1) is 34.7 Å². The Bertz CT molecular complexity index is 1750. The average molecular weight is 721 g/mol. The molecule has 0 unspecified atom stereocenters. The van der Waals surface area contributed by atoms with Crippen molar-refractivity contribution in [2.75, 3.05) is 73.0 Å². The molecule has 9 N–H and O–H groups in total. The highest BCUT2D eigenvalue weighted by atomic mass is 32.2. The summed E-state index contributed by atoms with van der Waals surface area (Å²) >= 11 is 0. The summed E-state index contributed by atoms with van der Waals surface area (Å²) in [5.74, 6) is 0.625. The van der Waals surface area contributed by atoms with Gasteiger partial charge in [-0.2, -0.15) is 15.0 Å². The van der Waals surface area contributed by atoms with Crippen molar-refractivity contribution in [2.24, 2.45) is 0 Å². The molecule has 0 radical (unpaired) electrons. The molecule has 0 bridgehead atoms. The van der Waals surface area contributed by atoms with E-state index >= 15 is 0 Å². The van der Waals surface area contributed by atoms with E-state index in [1.165, 1.54) is 57.5 Å². The van der Waals surface area contributed by atoms with Gasteiger partial charge in [-0.25, -0.2) is 39.4 Å². The second-order valence-corrected chi connectivity index (χ2v) is 15.3. The first-order valence-corrected chi connectivity index (χ1v) is 18.6. The van der Waals surface area contributed by atoms with Crippen molar-refractivity contribution >= 4 is 65.0 Å². The van der Waals surface area contributed by atoms with E-state index in [0.29, 0.717) is 17.1 Å². The Kier molecular flexibility index (Phi) is 11.9. The smallest absolute Gasteiger partial charge is 0.240 e. The van der Waals surface area contributed by atoms with Gasteiger partial charge in [-0.3, -0.25) is 0 Å². The molecule has 0 saturated heterocycles. The standard InChI is InChI=1S/C27H36N12O6S3/c1-28-46(40,41)22-10-4-19(5-11-22)31-16-34-25-37-26(35-17-32-20-6-12-23(13-7-20)47(42,43)29-2)39-27(38-25)36-18-33-21-8-14-24(15-9-21)48(44,45)30-3/h4-15,28-33H,16-18H2,1-3H3,(H3,34,35,36,37,38,39). The van der Waals surface area contributed by atoms with Crippen molar-refractivity contribution in [2.45, 2.75) is 14.7 Å². The Balaban J connectivity index is 1.41. The van der Waals surface area contributed by atoms with E-state index in [-0.39, 0.29) is 52.5 Å². The molecule has 4 aromatic rings. The van der Waals surface area contributed by atoms with Crippen LogP contribution in [0.5, 0.6) is 0 Å². The second kappa shape index (κ2) is 15.9. The topological polar surface area (TPSA) is 249 Å². The monoisotopic (exact) mass is 720 g/mol. The molecule has 0 saturated carbocycles. The third-order valence-corrected chi connectivity index (χ3v) is 10.8. The van der Waals surface area contributed by atoms with Gasteiger partial charge >= 0.3 is 0 Å². The van der Waals surface area contributed by atoms with E-state index in [1.807, 2.05) is 0 Å². The zero-order valence-electron chi connectivity index (χ0n) is 26.1. The van der Waals surface area contributed by atoms with Crippen LogP contribution in [-0.4, -0.2) is 81.4 Å². The predicted molar refractivity (Wildman–Crippen MR) is 184 cm³/mol. The van der Waals surface area contributed by atoms with Gasteiger partial charge in [-0.15, -0.1) is 0 Å². The summed E-state index contributed by atoms with van der Waals surface area (Å²) in [4.78, 5) is 13.6. The highest BCUT2D eigenvalue weighted by Gasteiger charge is 2.13. The number of hydrogen-bond donors (Lipinski definition) is 9. The second-order valence-electron chi connectivity index (χ2n) is 9.59.